The maximum atomic E-state index is 12.2. The quantitative estimate of drug-likeness (QED) is 0.856. The van der Waals surface area contributed by atoms with Gasteiger partial charge in [-0.3, -0.25) is 10.1 Å². The number of hydrogen-bond donors (Lipinski definition) is 1. The molecule has 4 nitrogen and oxygen atoms in total. The van der Waals surface area contributed by atoms with Crippen LogP contribution in [0.3, 0.4) is 0 Å². The Kier molecular flexibility index (Phi) is 4.96. The summed E-state index contributed by atoms with van der Waals surface area (Å²) in [5, 5.41) is 5.52. The van der Waals surface area contributed by atoms with Gasteiger partial charge in [-0.1, -0.05) is 6.07 Å². The zero-order valence-corrected chi connectivity index (χ0v) is 12.5. The fraction of sp³-hybridized carbons (Fsp3) is 0.643. The summed E-state index contributed by atoms with van der Waals surface area (Å²) in [6.07, 6.45) is 2.67. The number of carbonyl (C=O) groups excluding carboxylic acids is 1. The number of rotatable bonds is 4. The molecule has 0 radical (unpaired) electrons. The Hall–Kier alpha value is -0.910. The molecule has 1 aromatic rings. The Labute approximate surface area is 118 Å². The van der Waals surface area contributed by atoms with Crippen LogP contribution in [0.1, 0.15) is 24.1 Å². The van der Waals surface area contributed by atoms with E-state index < -0.39 is 5.54 Å². The molecule has 1 aromatic heterocycles. The van der Waals surface area contributed by atoms with Crippen LogP contribution in [-0.4, -0.2) is 43.7 Å². The van der Waals surface area contributed by atoms with Crippen LogP contribution in [0.2, 0.25) is 0 Å². The third-order valence-electron chi connectivity index (χ3n) is 3.82. The molecule has 0 aromatic carbocycles. The predicted molar refractivity (Wildman–Crippen MR) is 77.3 cm³/mol. The van der Waals surface area contributed by atoms with Crippen LogP contribution in [0.4, 0.5) is 0 Å². The number of methoxy groups -OCH3 is 1. The van der Waals surface area contributed by atoms with E-state index in [0.29, 0.717) is 0 Å². The van der Waals surface area contributed by atoms with Crippen molar-refractivity contribution >= 4 is 17.3 Å². The summed E-state index contributed by atoms with van der Waals surface area (Å²) >= 11 is 1.71. The molecule has 2 heterocycles. The molecule has 1 aliphatic rings. The number of nitrogens with zero attached hydrogens (tertiary/aromatic N) is 1. The summed E-state index contributed by atoms with van der Waals surface area (Å²) in [7, 11) is 3.58. The second kappa shape index (κ2) is 6.50. The summed E-state index contributed by atoms with van der Waals surface area (Å²) < 4.78 is 5.04. The van der Waals surface area contributed by atoms with Gasteiger partial charge in [-0.05, 0) is 44.3 Å². The maximum Gasteiger partial charge on any atom is 0.326 e. The predicted octanol–water partition coefficient (Wildman–Crippen LogP) is 1.87. The summed E-state index contributed by atoms with van der Waals surface area (Å²) in [6, 6.07) is 4.12. The van der Waals surface area contributed by atoms with Gasteiger partial charge < -0.3 is 9.64 Å². The van der Waals surface area contributed by atoms with Crippen LogP contribution in [0.15, 0.2) is 17.5 Å². The lowest BCUT2D eigenvalue weighted by Crippen LogP contribution is -2.52. The lowest BCUT2D eigenvalue weighted by Gasteiger charge is -2.30. The Bertz CT molecular complexity index is 408. The molecule has 106 valence electrons. The lowest BCUT2D eigenvalue weighted by molar-refractivity contribution is -0.149. The fourth-order valence-electron chi connectivity index (χ4n) is 2.59. The van der Waals surface area contributed by atoms with Gasteiger partial charge in [0.2, 0.25) is 0 Å². The SMILES string of the molecule is COC(=O)C1(NCc2cccs2)CCCN(C)CC1. The van der Waals surface area contributed by atoms with Gasteiger partial charge in [-0.15, -0.1) is 11.3 Å². The van der Waals surface area contributed by atoms with Crippen LogP contribution < -0.4 is 5.32 Å². The van der Waals surface area contributed by atoms with E-state index in [1.54, 1.807) is 11.3 Å². The number of likely N-dealkylation sites (tertiary alicyclic amines) is 1. The topological polar surface area (TPSA) is 41.6 Å². The molecule has 1 saturated heterocycles. The first-order valence-corrected chi connectivity index (χ1v) is 7.59. The number of carbonyl (C=O) groups is 1. The van der Waals surface area contributed by atoms with E-state index in [1.807, 2.05) is 6.07 Å². The minimum absolute atomic E-state index is 0.126. The van der Waals surface area contributed by atoms with Crippen LogP contribution >= 0.6 is 11.3 Å². The average molecular weight is 282 g/mol. The molecule has 0 spiro atoms. The Morgan fingerprint density at radius 3 is 3.05 bits per heavy atom. The molecule has 19 heavy (non-hydrogen) atoms. The third-order valence-corrected chi connectivity index (χ3v) is 4.70. The van der Waals surface area contributed by atoms with E-state index in [9.17, 15) is 4.79 Å². The van der Waals surface area contributed by atoms with Gasteiger partial charge in [0.15, 0.2) is 0 Å². The second-order valence-corrected chi connectivity index (χ2v) is 6.20. The van der Waals surface area contributed by atoms with Gasteiger partial charge in [-0.25, -0.2) is 0 Å². The van der Waals surface area contributed by atoms with Crippen molar-refractivity contribution in [1.82, 2.24) is 10.2 Å². The monoisotopic (exact) mass is 282 g/mol. The summed E-state index contributed by atoms with van der Waals surface area (Å²) in [5.74, 6) is -0.126. The molecule has 0 aliphatic carbocycles. The van der Waals surface area contributed by atoms with Gasteiger partial charge in [0, 0.05) is 18.0 Å². The van der Waals surface area contributed by atoms with E-state index in [0.717, 1.165) is 38.9 Å². The number of thiophene rings is 1. The van der Waals surface area contributed by atoms with Crippen LogP contribution in [0, 0.1) is 0 Å². The second-order valence-electron chi connectivity index (χ2n) is 5.16. The molecule has 0 saturated carbocycles. The van der Waals surface area contributed by atoms with Gasteiger partial charge in [0.1, 0.15) is 5.54 Å². The largest absolute Gasteiger partial charge is 0.468 e. The fourth-order valence-corrected chi connectivity index (χ4v) is 3.23. The highest BCUT2D eigenvalue weighted by atomic mass is 32.1. The van der Waals surface area contributed by atoms with Gasteiger partial charge in [0.25, 0.3) is 0 Å². The number of nitrogens with one attached hydrogen (secondary N) is 1. The first-order chi connectivity index (χ1) is 9.16. The molecule has 0 amide bonds. The average Bonchev–Trinajstić information content (AvgIpc) is 2.86. The first-order valence-electron chi connectivity index (χ1n) is 6.71. The first kappa shape index (κ1) is 14.5. The van der Waals surface area contributed by atoms with E-state index >= 15 is 0 Å². The number of esters is 1. The summed E-state index contributed by atoms with van der Waals surface area (Å²) in [5.41, 5.74) is -0.524. The standard InChI is InChI=1S/C14H22N2O2S/c1-16-8-4-6-14(7-9-16,13(17)18-2)15-11-12-5-3-10-19-12/h3,5,10,15H,4,6-9,11H2,1-2H3. The molecule has 0 bridgehead atoms. The van der Waals surface area contributed by atoms with Crippen LogP contribution in [0.5, 0.6) is 0 Å². The van der Waals surface area contributed by atoms with Crippen LogP contribution in [-0.2, 0) is 16.1 Å². The third kappa shape index (κ3) is 3.55. The smallest absolute Gasteiger partial charge is 0.326 e. The molecule has 2 rings (SSSR count). The summed E-state index contributed by atoms with van der Waals surface area (Å²) in [4.78, 5) is 15.7. The van der Waals surface area contributed by atoms with Crippen molar-refractivity contribution < 1.29 is 9.53 Å². The molecular formula is C14H22N2O2S. The zero-order chi connectivity index (χ0) is 13.7. The van der Waals surface area contributed by atoms with Crippen molar-refractivity contribution in [2.45, 2.75) is 31.3 Å². The van der Waals surface area contributed by atoms with Crippen molar-refractivity contribution in [2.24, 2.45) is 0 Å². The van der Waals surface area contributed by atoms with Gasteiger partial charge in [0.05, 0.1) is 7.11 Å². The Morgan fingerprint density at radius 2 is 2.37 bits per heavy atom. The van der Waals surface area contributed by atoms with E-state index in [4.69, 9.17) is 4.74 Å². The van der Waals surface area contributed by atoms with Gasteiger partial charge >= 0.3 is 5.97 Å². The molecule has 5 heteroatoms. The molecule has 1 fully saturated rings. The molecule has 1 atom stereocenters. The summed E-state index contributed by atoms with van der Waals surface area (Å²) in [6.45, 7) is 2.70. The van der Waals surface area contributed by atoms with Crippen molar-refractivity contribution in [2.75, 3.05) is 27.2 Å². The van der Waals surface area contributed by atoms with Crippen molar-refractivity contribution in [1.29, 1.82) is 0 Å². The Balaban J connectivity index is 2.07. The lowest BCUT2D eigenvalue weighted by atomic mass is 9.90. The highest BCUT2D eigenvalue weighted by Crippen LogP contribution is 2.24. The van der Waals surface area contributed by atoms with Crippen LogP contribution in [0.25, 0.3) is 0 Å². The highest BCUT2D eigenvalue weighted by Gasteiger charge is 2.40. The number of ether oxygens (including phenoxy) is 1. The van der Waals surface area contributed by atoms with E-state index in [2.05, 4.69) is 28.7 Å². The minimum Gasteiger partial charge on any atom is -0.468 e. The molecule has 1 N–H and O–H groups in total. The van der Waals surface area contributed by atoms with E-state index in [-0.39, 0.29) is 5.97 Å². The molecule has 1 aliphatic heterocycles. The maximum absolute atomic E-state index is 12.2. The van der Waals surface area contributed by atoms with Crippen molar-refractivity contribution in [3.05, 3.63) is 22.4 Å². The molecule has 1 unspecified atom stereocenters. The van der Waals surface area contributed by atoms with Crippen molar-refractivity contribution in [3.8, 4) is 0 Å². The van der Waals surface area contributed by atoms with Crippen molar-refractivity contribution in [3.63, 3.8) is 0 Å². The molecular weight excluding hydrogens is 260 g/mol. The van der Waals surface area contributed by atoms with Gasteiger partial charge in [-0.2, -0.15) is 0 Å². The highest BCUT2D eigenvalue weighted by molar-refractivity contribution is 7.09. The van der Waals surface area contributed by atoms with E-state index in [1.165, 1.54) is 12.0 Å². The Morgan fingerprint density at radius 1 is 1.53 bits per heavy atom. The normalized spacial score (nSPS) is 24.9. The number of hydrogen-bond acceptors (Lipinski definition) is 5. The minimum atomic E-state index is -0.524. The zero-order valence-electron chi connectivity index (χ0n) is 11.6.